The van der Waals surface area contributed by atoms with Gasteiger partial charge in [0.25, 0.3) is 0 Å². The predicted octanol–water partition coefficient (Wildman–Crippen LogP) is 7.51. The molecule has 0 atom stereocenters. The number of aryl methyl sites for hydroxylation is 1. The minimum absolute atomic E-state index is 0.104. The maximum absolute atomic E-state index is 13.0. The summed E-state index contributed by atoms with van der Waals surface area (Å²) in [6.07, 6.45) is -0.116. The van der Waals surface area contributed by atoms with Crippen molar-refractivity contribution in [2.45, 2.75) is 43.9 Å². The highest BCUT2D eigenvalue weighted by Gasteiger charge is 2.32. The molecule has 32 heavy (non-hydrogen) atoms. The van der Waals surface area contributed by atoms with Crippen LogP contribution in [-0.2, 0) is 16.0 Å². The van der Waals surface area contributed by atoms with Crippen LogP contribution >= 0.6 is 11.8 Å². The molecule has 4 nitrogen and oxygen atoms in total. The number of unbranched alkanes of at least 4 members (excludes halogenated alkanes) is 2. The Labute approximate surface area is 188 Å². The number of alkyl halides is 3. The average Bonchev–Trinajstić information content (AvgIpc) is 3.16. The maximum Gasteiger partial charge on any atom is 0.573 e. The molecule has 0 bridgehead atoms. The molecule has 1 heterocycles. The van der Waals surface area contributed by atoms with Crippen LogP contribution < -0.4 is 4.74 Å². The van der Waals surface area contributed by atoms with Crippen molar-refractivity contribution in [2.75, 3.05) is 5.94 Å². The molecule has 0 aliphatic heterocycles. The number of fused-ring (bicyclic) bond motifs is 1. The first-order chi connectivity index (χ1) is 15.3. The first-order valence-corrected chi connectivity index (χ1v) is 11.1. The Bertz CT molecular complexity index is 1090. The predicted molar refractivity (Wildman–Crippen MR) is 119 cm³/mol. The molecule has 0 fully saturated rings. The highest BCUT2D eigenvalue weighted by atomic mass is 32.2. The van der Waals surface area contributed by atoms with Gasteiger partial charge in [0.1, 0.15) is 23.0 Å². The molecule has 2 aromatic carbocycles. The Balaban J connectivity index is 1.87. The summed E-state index contributed by atoms with van der Waals surface area (Å²) in [6.45, 7) is 5.40. The van der Waals surface area contributed by atoms with Crippen LogP contribution in [0, 0.1) is 0 Å². The van der Waals surface area contributed by atoms with E-state index in [1.807, 2.05) is 6.07 Å². The number of furan rings is 1. The Morgan fingerprint density at radius 3 is 2.69 bits per heavy atom. The van der Waals surface area contributed by atoms with E-state index in [9.17, 15) is 18.0 Å². The van der Waals surface area contributed by atoms with Gasteiger partial charge in [-0.15, -0.1) is 13.2 Å². The van der Waals surface area contributed by atoms with Crippen LogP contribution in [0.25, 0.3) is 22.3 Å². The van der Waals surface area contributed by atoms with E-state index in [1.165, 1.54) is 17.8 Å². The van der Waals surface area contributed by atoms with Gasteiger partial charge in [0, 0.05) is 16.4 Å². The Morgan fingerprint density at radius 2 is 1.97 bits per heavy atom. The minimum Gasteiger partial charge on any atom is -0.456 e. The number of hydrogen-bond acceptors (Lipinski definition) is 5. The average molecular weight is 465 g/mol. The zero-order valence-corrected chi connectivity index (χ0v) is 18.4. The van der Waals surface area contributed by atoms with Gasteiger partial charge in [0.05, 0.1) is 5.56 Å². The minimum atomic E-state index is -4.81. The topological polar surface area (TPSA) is 48.7 Å². The molecule has 0 aliphatic carbocycles. The third kappa shape index (κ3) is 6.56. The van der Waals surface area contributed by atoms with Crippen molar-refractivity contribution in [1.29, 1.82) is 0 Å². The lowest BCUT2D eigenvalue weighted by Gasteiger charge is -2.13. The fourth-order valence-corrected chi connectivity index (χ4v) is 3.83. The van der Waals surface area contributed by atoms with Crippen LogP contribution in [0.3, 0.4) is 0 Å². The molecule has 8 heteroatoms. The third-order valence-electron chi connectivity index (χ3n) is 4.69. The van der Waals surface area contributed by atoms with Crippen LogP contribution in [0.4, 0.5) is 13.2 Å². The largest absolute Gasteiger partial charge is 0.573 e. The van der Waals surface area contributed by atoms with Crippen LogP contribution in [-0.4, -0.2) is 18.3 Å². The molecule has 3 aromatic rings. The van der Waals surface area contributed by atoms with Gasteiger partial charge in [0.2, 0.25) is 0 Å². The monoisotopic (exact) mass is 464 g/mol. The van der Waals surface area contributed by atoms with Crippen molar-refractivity contribution in [1.82, 2.24) is 0 Å². The first kappa shape index (κ1) is 23.8. The lowest BCUT2D eigenvalue weighted by Crippen LogP contribution is -2.17. The number of esters is 1. The van der Waals surface area contributed by atoms with E-state index in [-0.39, 0.29) is 23.0 Å². The van der Waals surface area contributed by atoms with Gasteiger partial charge in [-0.05, 0) is 54.8 Å². The number of thioether (sulfide) groups is 1. The molecule has 0 N–H and O–H groups in total. The SMILES string of the molecule is C=CC(=O)OCSc1ccc2cc(-c3ccc(CCCCC)cc3OC(F)(F)F)oc2c1. The number of hydrogen-bond donors (Lipinski definition) is 0. The summed E-state index contributed by atoms with van der Waals surface area (Å²) in [6, 6.07) is 11.9. The van der Waals surface area contributed by atoms with Crippen LogP contribution in [0.5, 0.6) is 5.75 Å². The Kier molecular flexibility index (Phi) is 7.90. The molecular weight excluding hydrogens is 441 g/mol. The van der Waals surface area contributed by atoms with Crippen molar-refractivity contribution < 1.29 is 31.9 Å². The second-order valence-electron chi connectivity index (χ2n) is 7.08. The zero-order valence-electron chi connectivity index (χ0n) is 17.5. The van der Waals surface area contributed by atoms with Gasteiger partial charge < -0.3 is 13.9 Å². The van der Waals surface area contributed by atoms with Gasteiger partial charge in [-0.25, -0.2) is 4.79 Å². The van der Waals surface area contributed by atoms with Crippen molar-refractivity contribution in [3.05, 3.63) is 60.7 Å². The lowest BCUT2D eigenvalue weighted by molar-refractivity contribution is -0.274. The summed E-state index contributed by atoms with van der Waals surface area (Å²) >= 11 is 1.28. The molecule has 170 valence electrons. The number of benzene rings is 2. The van der Waals surface area contributed by atoms with E-state index in [1.54, 1.807) is 30.3 Å². The third-order valence-corrected chi connectivity index (χ3v) is 5.51. The Hall–Kier alpha value is -2.87. The van der Waals surface area contributed by atoms with Crippen molar-refractivity contribution in [3.8, 4) is 17.1 Å². The van der Waals surface area contributed by atoms with Crippen LogP contribution in [0.15, 0.2) is 64.4 Å². The zero-order chi connectivity index (χ0) is 23.1. The van der Waals surface area contributed by atoms with Gasteiger partial charge in [-0.3, -0.25) is 0 Å². The molecule has 0 radical (unpaired) electrons. The van der Waals surface area contributed by atoms with E-state index in [0.29, 0.717) is 12.0 Å². The molecule has 0 spiro atoms. The van der Waals surface area contributed by atoms with Crippen LogP contribution in [0.2, 0.25) is 0 Å². The maximum atomic E-state index is 13.0. The van der Waals surface area contributed by atoms with E-state index in [0.717, 1.165) is 41.2 Å². The van der Waals surface area contributed by atoms with E-state index >= 15 is 0 Å². The van der Waals surface area contributed by atoms with Gasteiger partial charge in [0.15, 0.2) is 0 Å². The van der Waals surface area contributed by atoms with Crippen LogP contribution in [0.1, 0.15) is 31.7 Å². The summed E-state index contributed by atoms with van der Waals surface area (Å²) < 4.78 is 54.2. The second-order valence-corrected chi connectivity index (χ2v) is 8.07. The quantitative estimate of drug-likeness (QED) is 0.102. The van der Waals surface area contributed by atoms with Gasteiger partial charge >= 0.3 is 12.3 Å². The molecule has 1 aromatic heterocycles. The van der Waals surface area contributed by atoms with Crippen molar-refractivity contribution in [2.24, 2.45) is 0 Å². The molecular formula is C24H23F3O4S. The highest BCUT2D eigenvalue weighted by Crippen LogP contribution is 2.38. The summed E-state index contributed by atoms with van der Waals surface area (Å²) in [4.78, 5) is 11.9. The highest BCUT2D eigenvalue weighted by molar-refractivity contribution is 7.99. The molecule has 3 rings (SSSR count). The first-order valence-electron chi connectivity index (χ1n) is 10.1. The number of rotatable bonds is 10. The second kappa shape index (κ2) is 10.6. The smallest absolute Gasteiger partial charge is 0.456 e. The summed E-state index contributed by atoms with van der Waals surface area (Å²) in [5.41, 5.74) is 1.52. The number of halogens is 3. The van der Waals surface area contributed by atoms with E-state index in [2.05, 4.69) is 18.2 Å². The standard InChI is InChI=1S/C24H23F3O4S/c1-3-5-6-7-16-8-11-19(22(12-16)31-24(25,26)27)21-13-17-9-10-18(14-20(17)30-21)32-15-29-23(28)4-2/h4,8-14H,2-3,5-7,15H2,1H3. The number of ether oxygens (including phenoxy) is 2. The van der Waals surface area contributed by atoms with Crippen molar-refractivity contribution >= 4 is 28.7 Å². The molecule has 0 saturated carbocycles. The van der Waals surface area contributed by atoms with Crippen molar-refractivity contribution in [3.63, 3.8) is 0 Å². The normalized spacial score (nSPS) is 11.5. The number of carbonyl (C=O) groups excluding carboxylic acids is 1. The molecule has 0 amide bonds. The van der Waals surface area contributed by atoms with E-state index < -0.39 is 12.3 Å². The number of carbonyl (C=O) groups is 1. The molecule has 0 saturated heterocycles. The fourth-order valence-electron chi connectivity index (χ4n) is 3.16. The summed E-state index contributed by atoms with van der Waals surface area (Å²) in [5.74, 6) is -0.419. The molecule has 0 aliphatic rings. The molecule has 0 unspecified atom stereocenters. The summed E-state index contributed by atoms with van der Waals surface area (Å²) in [5, 5.41) is 0.734. The fraction of sp³-hybridized carbons (Fsp3) is 0.292. The van der Waals surface area contributed by atoms with Gasteiger partial charge in [-0.2, -0.15) is 0 Å². The summed E-state index contributed by atoms with van der Waals surface area (Å²) in [7, 11) is 0. The Morgan fingerprint density at radius 1 is 1.16 bits per heavy atom. The van der Waals surface area contributed by atoms with Gasteiger partial charge in [-0.1, -0.05) is 44.2 Å². The lowest BCUT2D eigenvalue weighted by atomic mass is 10.0. The van der Waals surface area contributed by atoms with E-state index in [4.69, 9.17) is 9.15 Å².